The fourth-order valence-corrected chi connectivity index (χ4v) is 5.66. The third kappa shape index (κ3) is 5.32. The van der Waals surface area contributed by atoms with Crippen molar-refractivity contribution in [2.45, 2.75) is 63.2 Å². The number of halogens is 1. The number of hydrogen-bond acceptors (Lipinski definition) is 6. The normalized spacial score (nSPS) is 22.2. The summed E-state index contributed by atoms with van der Waals surface area (Å²) >= 11 is 6.19. The van der Waals surface area contributed by atoms with Crippen molar-refractivity contribution < 1.29 is 27.5 Å². The van der Waals surface area contributed by atoms with Gasteiger partial charge in [-0.3, -0.25) is 4.79 Å². The molecule has 0 radical (unpaired) electrons. The maximum absolute atomic E-state index is 13.2. The first-order valence-corrected chi connectivity index (χ1v) is 11.6. The van der Waals surface area contributed by atoms with Gasteiger partial charge in [0, 0.05) is 18.7 Å². The van der Waals surface area contributed by atoms with Crippen LogP contribution in [-0.2, 0) is 24.3 Å². The lowest BCUT2D eigenvalue weighted by molar-refractivity contribution is -0.147. The van der Waals surface area contributed by atoms with E-state index in [1.165, 1.54) is 29.6 Å². The number of benzene rings is 1. The fraction of sp³-hybridized carbons (Fsp3) is 0.600. The van der Waals surface area contributed by atoms with Crippen molar-refractivity contribution >= 4 is 33.5 Å². The second-order valence-electron chi connectivity index (χ2n) is 7.75. The van der Waals surface area contributed by atoms with E-state index in [9.17, 15) is 18.0 Å². The van der Waals surface area contributed by atoms with E-state index in [1.807, 2.05) is 6.92 Å². The highest BCUT2D eigenvalue weighted by molar-refractivity contribution is 7.89. The fourth-order valence-electron chi connectivity index (χ4n) is 3.57. The van der Waals surface area contributed by atoms with E-state index in [4.69, 9.17) is 21.1 Å². The summed E-state index contributed by atoms with van der Waals surface area (Å²) in [5.41, 5.74) is -1.15. The van der Waals surface area contributed by atoms with Crippen LogP contribution in [0.2, 0.25) is 5.02 Å². The molecule has 8 nitrogen and oxygen atoms in total. The van der Waals surface area contributed by atoms with Crippen LogP contribution in [0.1, 0.15) is 50.9 Å². The number of sulfonamides is 1. The van der Waals surface area contributed by atoms with E-state index in [1.54, 1.807) is 20.8 Å². The molecule has 1 heterocycles. The second kappa shape index (κ2) is 9.64. The van der Waals surface area contributed by atoms with Crippen molar-refractivity contribution in [3.8, 4) is 0 Å². The smallest absolute Gasteiger partial charge is 0.331 e. The number of morpholine rings is 1. The van der Waals surface area contributed by atoms with Crippen LogP contribution in [0.25, 0.3) is 0 Å². The van der Waals surface area contributed by atoms with Gasteiger partial charge in [0.25, 0.3) is 5.91 Å². The van der Waals surface area contributed by atoms with Gasteiger partial charge in [0.15, 0.2) is 0 Å². The Morgan fingerprint density at radius 3 is 2.43 bits per heavy atom. The number of esters is 1. The van der Waals surface area contributed by atoms with E-state index in [0.29, 0.717) is 12.8 Å². The zero-order chi connectivity index (χ0) is 22.7. The number of nitrogens with one attached hydrogen (secondary N) is 1. The molecule has 3 atom stereocenters. The number of nitrogens with zero attached hydrogens (tertiary/aromatic N) is 1. The van der Waals surface area contributed by atoms with Crippen LogP contribution >= 0.6 is 11.6 Å². The molecule has 1 fully saturated rings. The molecule has 168 valence electrons. The molecule has 0 aliphatic carbocycles. The van der Waals surface area contributed by atoms with Crippen LogP contribution in [0.3, 0.4) is 0 Å². The highest BCUT2D eigenvalue weighted by Crippen LogP contribution is 2.28. The van der Waals surface area contributed by atoms with Gasteiger partial charge in [0.2, 0.25) is 10.0 Å². The van der Waals surface area contributed by atoms with Gasteiger partial charge >= 0.3 is 5.97 Å². The quantitative estimate of drug-likeness (QED) is 0.627. The number of amides is 1. The van der Waals surface area contributed by atoms with Crippen molar-refractivity contribution in [2.24, 2.45) is 0 Å². The molecule has 1 aromatic carbocycles. The van der Waals surface area contributed by atoms with Gasteiger partial charge in [-0.15, -0.1) is 0 Å². The average Bonchev–Trinajstić information content (AvgIpc) is 2.66. The molecular formula is C20H29ClN2O6S. The van der Waals surface area contributed by atoms with Crippen LogP contribution in [-0.4, -0.2) is 62.5 Å². The van der Waals surface area contributed by atoms with E-state index in [2.05, 4.69) is 5.32 Å². The molecule has 0 saturated carbocycles. The average molecular weight is 461 g/mol. The number of hydrogen-bond donors (Lipinski definition) is 1. The number of methoxy groups -OCH3 is 1. The summed E-state index contributed by atoms with van der Waals surface area (Å²) in [6.07, 6.45) is 0.486. The minimum Gasteiger partial charge on any atom is -0.467 e. The minimum absolute atomic E-state index is 0.0163. The lowest BCUT2D eigenvalue weighted by Gasteiger charge is -2.34. The number of carbonyl (C=O) groups is 2. The molecule has 0 spiro atoms. The third-order valence-corrected chi connectivity index (χ3v) is 7.29. The Bertz CT molecular complexity index is 897. The van der Waals surface area contributed by atoms with Crippen LogP contribution in [0.4, 0.5) is 0 Å². The lowest BCUT2D eigenvalue weighted by atomic mass is 9.95. The molecule has 2 rings (SSSR count). The third-order valence-electron chi connectivity index (χ3n) is 4.97. The van der Waals surface area contributed by atoms with Crippen molar-refractivity contribution in [3.63, 3.8) is 0 Å². The Kier molecular flexibility index (Phi) is 7.90. The van der Waals surface area contributed by atoms with Gasteiger partial charge in [-0.1, -0.05) is 24.9 Å². The van der Waals surface area contributed by atoms with E-state index >= 15 is 0 Å². The topological polar surface area (TPSA) is 102 Å². The van der Waals surface area contributed by atoms with Crippen molar-refractivity contribution in [2.75, 3.05) is 20.2 Å². The van der Waals surface area contributed by atoms with E-state index in [0.717, 1.165) is 0 Å². The molecule has 1 N–H and O–H groups in total. The summed E-state index contributed by atoms with van der Waals surface area (Å²) in [7, 11) is -2.69. The number of rotatable bonds is 7. The molecule has 0 aromatic heterocycles. The number of carbonyl (C=O) groups excluding carboxylic acids is 2. The molecule has 10 heteroatoms. The van der Waals surface area contributed by atoms with Crippen LogP contribution in [0.15, 0.2) is 23.1 Å². The standard InChI is InChI=1S/C20H29ClN2O6S/c1-6-9-20(4,19(25)28-5)22-18(24)15-7-8-16(21)17(10-15)30(26,27)23-11-13(2)29-14(3)12-23/h7-8,10,13-14H,6,9,11-12H2,1-5H3,(H,22,24). The second-order valence-corrected chi connectivity index (χ2v) is 10.1. The SMILES string of the molecule is CCCC(C)(NC(=O)c1ccc(Cl)c(S(=O)(=O)N2CC(C)OC(C)C2)c1)C(=O)OC. The summed E-state index contributed by atoms with van der Waals surface area (Å²) in [6.45, 7) is 7.43. The molecule has 0 bridgehead atoms. The van der Waals surface area contributed by atoms with Crippen molar-refractivity contribution in [1.29, 1.82) is 0 Å². The molecule has 1 aliphatic heterocycles. The highest BCUT2D eigenvalue weighted by Gasteiger charge is 2.37. The summed E-state index contributed by atoms with van der Waals surface area (Å²) in [4.78, 5) is 24.8. The Morgan fingerprint density at radius 1 is 1.30 bits per heavy atom. The van der Waals surface area contributed by atoms with Gasteiger partial charge < -0.3 is 14.8 Å². The monoisotopic (exact) mass is 460 g/mol. The van der Waals surface area contributed by atoms with Gasteiger partial charge in [-0.05, 0) is 45.4 Å². The Balaban J connectivity index is 2.36. The summed E-state index contributed by atoms with van der Waals surface area (Å²) in [5, 5.41) is 2.68. The molecular weight excluding hydrogens is 432 g/mol. The van der Waals surface area contributed by atoms with E-state index < -0.39 is 27.4 Å². The predicted molar refractivity (Wildman–Crippen MR) is 113 cm³/mol. The minimum atomic E-state index is -3.94. The first kappa shape index (κ1) is 24.6. The van der Waals surface area contributed by atoms with Gasteiger partial charge in [-0.2, -0.15) is 4.31 Å². The van der Waals surface area contributed by atoms with Crippen LogP contribution in [0, 0.1) is 0 Å². The molecule has 1 amide bonds. The molecule has 30 heavy (non-hydrogen) atoms. The first-order valence-electron chi connectivity index (χ1n) is 9.80. The van der Waals surface area contributed by atoms with Gasteiger partial charge in [0.05, 0.1) is 24.3 Å². The van der Waals surface area contributed by atoms with Gasteiger partial charge in [-0.25, -0.2) is 13.2 Å². The largest absolute Gasteiger partial charge is 0.467 e. The molecule has 1 aliphatic rings. The van der Waals surface area contributed by atoms with Crippen molar-refractivity contribution in [3.05, 3.63) is 28.8 Å². The summed E-state index contributed by atoms with van der Waals surface area (Å²) in [5.74, 6) is -1.16. The van der Waals surface area contributed by atoms with Gasteiger partial charge in [0.1, 0.15) is 10.4 Å². The lowest BCUT2D eigenvalue weighted by Crippen LogP contribution is -2.52. The Hall–Kier alpha value is -1.68. The molecule has 1 aromatic rings. The summed E-state index contributed by atoms with van der Waals surface area (Å²) < 4.78 is 38.1. The Labute approximate surface area is 182 Å². The Morgan fingerprint density at radius 2 is 1.90 bits per heavy atom. The molecule has 1 saturated heterocycles. The van der Waals surface area contributed by atoms with Crippen LogP contribution < -0.4 is 5.32 Å². The highest BCUT2D eigenvalue weighted by atomic mass is 35.5. The maximum atomic E-state index is 13.2. The summed E-state index contributed by atoms with van der Waals surface area (Å²) in [6, 6.07) is 4.03. The zero-order valence-electron chi connectivity index (χ0n) is 17.9. The van der Waals surface area contributed by atoms with Crippen molar-refractivity contribution in [1.82, 2.24) is 9.62 Å². The zero-order valence-corrected chi connectivity index (χ0v) is 19.5. The first-order chi connectivity index (χ1) is 13.9. The van der Waals surface area contributed by atoms with E-state index in [-0.39, 0.29) is 40.8 Å². The van der Waals surface area contributed by atoms with Crippen LogP contribution in [0.5, 0.6) is 0 Å². The predicted octanol–water partition coefficient (Wildman–Crippen LogP) is 2.60. The number of ether oxygens (including phenoxy) is 2. The maximum Gasteiger partial charge on any atom is 0.331 e. The molecule has 3 unspecified atom stereocenters.